The van der Waals surface area contributed by atoms with Crippen LogP contribution in [0.4, 0.5) is 0 Å². The van der Waals surface area contributed by atoms with Crippen molar-refractivity contribution in [2.24, 2.45) is 7.05 Å². The van der Waals surface area contributed by atoms with Gasteiger partial charge in [-0.15, -0.1) is 0 Å². The third-order valence-corrected chi connectivity index (χ3v) is 4.32. The van der Waals surface area contributed by atoms with Crippen molar-refractivity contribution in [2.45, 2.75) is 0 Å². The number of halogens is 2. The van der Waals surface area contributed by atoms with E-state index in [2.05, 4.69) is 0 Å². The molecule has 0 aliphatic rings. The van der Waals surface area contributed by atoms with Crippen LogP contribution in [0.1, 0.15) is 10.5 Å². The van der Waals surface area contributed by atoms with E-state index < -0.39 is 5.97 Å². The first kappa shape index (κ1) is 15.7. The van der Waals surface area contributed by atoms with Gasteiger partial charge in [-0.25, -0.2) is 4.79 Å². The Kier molecular flexibility index (Phi) is 4.16. The normalized spacial score (nSPS) is 10.7. The summed E-state index contributed by atoms with van der Waals surface area (Å²) >= 11 is 12.3. The summed E-state index contributed by atoms with van der Waals surface area (Å²) in [5, 5.41) is 10.6. The van der Waals surface area contributed by atoms with Gasteiger partial charge in [0.2, 0.25) is 0 Å². The summed E-state index contributed by atoms with van der Waals surface area (Å²) in [7, 11) is 1.73. The largest absolute Gasteiger partial charge is 0.477 e. The van der Waals surface area contributed by atoms with Crippen molar-refractivity contribution in [3.8, 4) is 22.4 Å². The maximum absolute atomic E-state index is 11.5. The third-order valence-electron chi connectivity index (χ3n) is 3.73. The molecule has 1 heterocycles. The number of carboxylic acids is 1. The lowest BCUT2D eigenvalue weighted by atomic mass is 10.0. The molecule has 3 aromatic rings. The molecule has 0 bridgehead atoms. The highest BCUT2D eigenvalue weighted by molar-refractivity contribution is 6.33. The molecule has 0 aliphatic heterocycles. The highest BCUT2D eigenvalue weighted by atomic mass is 35.5. The van der Waals surface area contributed by atoms with Crippen LogP contribution in [0.2, 0.25) is 10.0 Å². The average Bonchev–Trinajstić information content (AvgIpc) is 2.86. The zero-order valence-electron chi connectivity index (χ0n) is 12.3. The Labute approximate surface area is 143 Å². The standard InChI is InChI=1S/C18H13Cl2NO2/c1-21-16(18(22)23)10-14(13-4-2-3-5-15(13)20)17(21)11-6-8-12(19)9-7-11/h2-10H,1H3,(H,22,23). The summed E-state index contributed by atoms with van der Waals surface area (Å²) in [6.07, 6.45) is 0. The number of aromatic nitrogens is 1. The van der Waals surface area contributed by atoms with Gasteiger partial charge < -0.3 is 9.67 Å². The number of nitrogens with zero attached hydrogens (tertiary/aromatic N) is 1. The highest BCUT2D eigenvalue weighted by Gasteiger charge is 2.20. The SMILES string of the molecule is Cn1c(C(=O)O)cc(-c2ccccc2Cl)c1-c1ccc(Cl)cc1. The number of hydrogen-bond donors (Lipinski definition) is 1. The fourth-order valence-corrected chi connectivity index (χ4v) is 3.01. The van der Waals surface area contributed by atoms with Crippen LogP contribution in [0.25, 0.3) is 22.4 Å². The highest BCUT2D eigenvalue weighted by Crippen LogP contribution is 2.38. The van der Waals surface area contributed by atoms with Crippen LogP contribution in [0, 0.1) is 0 Å². The number of carbonyl (C=O) groups is 1. The van der Waals surface area contributed by atoms with E-state index in [1.54, 1.807) is 35.9 Å². The van der Waals surface area contributed by atoms with Crippen molar-refractivity contribution in [2.75, 3.05) is 0 Å². The molecule has 0 saturated heterocycles. The molecule has 0 fully saturated rings. The molecule has 5 heteroatoms. The molecular formula is C18H13Cl2NO2. The number of hydrogen-bond acceptors (Lipinski definition) is 1. The van der Waals surface area contributed by atoms with Gasteiger partial charge in [0.1, 0.15) is 5.69 Å². The van der Waals surface area contributed by atoms with E-state index in [4.69, 9.17) is 23.2 Å². The minimum Gasteiger partial charge on any atom is -0.477 e. The lowest BCUT2D eigenvalue weighted by Crippen LogP contribution is -2.05. The van der Waals surface area contributed by atoms with Gasteiger partial charge in [0, 0.05) is 28.2 Å². The molecule has 2 aromatic carbocycles. The molecule has 0 unspecified atom stereocenters. The molecule has 0 aliphatic carbocycles. The molecule has 0 atom stereocenters. The summed E-state index contributed by atoms with van der Waals surface area (Å²) in [5.74, 6) is -0.985. The van der Waals surface area contributed by atoms with Gasteiger partial charge in [0.15, 0.2) is 0 Å². The summed E-state index contributed by atoms with van der Waals surface area (Å²) in [5.41, 5.74) is 3.43. The smallest absolute Gasteiger partial charge is 0.352 e. The molecule has 116 valence electrons. The van der Waals surface area contributed by atoms with E-state index in [1.807, 2.05) is 30.3 Å². The first-order valence-corrected chi connectivity index (χ1v) is 7.68. The summed E-state index contributed by atoms with van der Waals surface area (Å²) in [4.78, 5) is 11.5. The Bertz CT molecular complexity index is 883. The lowest BCUT2D eigenvalue weighted by molar-refractivity contribution is 0.0687. The molecule has 0 spiro atoms. The quantitative estimate of drug-likeness (QED) is 0.693. The van der Waals surface area contributed by atoms with Gasteiger partial charge in [-0.2, -0.15) is 0 Å². The fraction of sp³-hybridized carbons (Fsp3) is 0.0556. The van der Waals surface area contributed by atoms with Crippen LogP contribution in [0.15, 0.2) is 54.6 Å². The second-order valence-corrected chi connectivity index (χ2v) is 5.99. The molecule has 1 aromatic heterocycles. The number of carboxylic acid groups (broad SMARTS) is 1. The van der Waals surface area contributed by atoms with Crippen LogP contribution in [0.3, 0.4) is 0 Å². The predicted molar refractivity (Wildman–Crippen MR) is 93.3 cm³/mol. The van der Waals surface area contributed by atoms with E-state index in [9.17, 15) is 9.90 Å². The molecule has 23 heavy (non-hydrogen) atoms. The zero-order valence-corrected chi connectivity index (χ0v) is 13.8. The lowest BCUT2D eigenvalue weighted by Gasteiger charge is -2.10. The van der Waals surface area contributed by atoms with E-state index in [-0.39, 0.29) is 5.69 Å². The van der Waals surface area contributed by atoms with Gasteiger partial charge in [0.25, 0.3) is 0 Å². The Morgan fingerprint density at radius 2 is 1.65 bits per heavy atom. The van der Waals surface area contributed by atoms with Crippen molar-refractivity contribution in [3.63, 3.8) is 0 Å². The van der Waals surface area contributed by atoms with Gasteiger partial charge >= 0.3 is 5.97 Å². The minimum absolute atomic E-state index is 0.199. The fourth-order valence-electron chi connectivity index (χ4n) is 2.65. The van der Waals surface area contributed by atoms with E-state index in [0.717, 1.165) is 22.4 Å². The van der Waals surface area contributed by atoms with Crippen molar-refractivity contribution in [1.29, 1.82) is 0 Å². The molecule has 0 saturated carbocycles. The molecule has 1 N–H and O–H groups in total. The Morgan fingerprint density at radius 3 is 2.26 bits per heavy atom. The van der Waals surface area contributed by atoms with Crippen LogP contribution < -0.4 is 0 Å². The van der Waals surface area contributed by atoms with E-state index in [0.29, 0.717) is 10.0 Å². The second kappa shape index (κ2) is 6.11. The topological polar surface area (TPSA) is 42.2 Å². The van der Waals surface area contributed by atoms with Crippen molar-refractivity contribution in [3.05, 3.63) is 70.3 Å². The van der Waals surface area contributed by atoms with Gasteiger partial charge in [-0.3, -0.25) is 0 Å². The number of rotatable bonds is 3. The summed E-state index contributed by atoms with van der Waals surface area (Å²) in [6.45, 7) is 0. The number of aromatic carboxylic acids is 1. The van der Waals surface area contributed by atoms with Gasteiger partial charge in [-0.1, -0.05) is 53.5 Å². The van der Waals surface area contributed by atoms with Crippen LogP contribution in [0.5, 0.6) is 0 Å². The van der Waals surface area contributed by atoms with Crippen LogP contribution >= 0.6 is 23.2 Å². The van der Waals surface area contributed by atoms with Crippen LogP contribution in [-0.4, -0.2) is 15.6 Å². The van der Waals surface area contributed by atoms with E-state index >= 15 is 0 Å². The van der Waals surface area contributed by atoms with Crippen molar-refractivity contribution >= 4 is 29.2 Å². The molecular weight excluding hydrogens is 333 g/mol. The minimum atomic E-state index is -0.985. The predicted octanol–water partition coefficient (Wildman–Crippen LogP) is 5.36. The molecule has 3 nitrogen and oxygen atoms in total. The van der Waals surface area contributed by atoms with Crippen molar-refractivity contribution in [1.82, 2.24) is 4.57 Å². The Morgan fingerprint density at radius 1 is 1.00 bits per heavy atom. The van der Waals surface area contributed by atoms with Gasteiger partial charge in [0.05, 0.1) is 5.69 Å². The first-order chi connectivity index (χ1) is 11.0. The monoisotopic (exact) mass is 345 g/mol. The number of benzene rings is 2. The molecule has 0 amide bonds. The average molecular weight is 346 g/mol. The third kappa shape index (κ3) is 2.85. The first-order valence-electron chi connectivity index (χ1n) is 6.93. The van der Waals surface area contributed by atoms with Gasteiger partial charge in [-0.05, 0) is 29.8 Å². The summed E-state index contributed by atoms with van der Waals surface area (Å²) in [6, 6.07) is 16.3. The Balaban J connectivity index is 2.31. The Hall–Kier alpha value is -2.23. The zero-order chi connectivity index (χ0) is 16.6. The van der Waals surface area contributed by atoms with Crippen molar-refractivity contribution < 1.29 is 9.90 Å². The maximum Gasteiger partial charge on any atom is 0.352 e. The van der Waals surface area contributed by atoms with E-state index in [1.165, 1.54) is 0 Å². The second-order valence-electron chi connectivity index (χ2n) is 5.14. The molecule has 3 rings (SSSR count). The molecule has 0 radical (unpaired) electrons. The summed E-state index contributed by atoms with van der Waals surface area (Å²) < 4.78 is 1.66. The van der Waals surface area contributed by atoms with Crippen LogP contribution in [-0.2, 0) is 7.05 Å². The maximum atomic E-state index is 11.5.